The van der Waals surface area contributed by atoms with E-state index in [0.29, 0.717) is 17.5 Å². The van der Waals surface area contributed by atoms with Crippen molar-refractivity contribution in [2.75, 3.05) is 13.1 Å². The summed E-state index contributed by atoms with van der Waals surface area (Å²) >= 11 is 1.49. The third-order valence-electron chi connectivity index (χ3n) is 3.77. The topological polar surface area (TPSA) is 76.5 Å². The standard InChI is InChI=1S/C13H19N5OS/c1-9-6-12(19)18-13(15-9)20-11(16-18)8-17-5-3-2-4-10(17)7-14/h6,10H,2-5,7-8,14H2,1H3. The van der Waals surface area contributed by atoms with Crippen molar-refractivity contribution in [3.63, 3.8) is 0 Å². The Kier molecular flexibility index (Phi) is 3.82. The number of aryl methyl sites for hydroxylation is 1. The summed E-state index contributed by atoms with van der Waals surface area (Å²) < 4.78 is 1.40. The third kappa shape index (κ3) is 2.61. The Hall–Kier alpha value is -1.31. The van der Waals surface area contributed by atoms with Crippen molar-refractivity contribution in [1.29, 1.82) is 0 Å². The monoisotopic (exact) mass is 293 g/mol. The average molecular weight is 293 g/mol. The predicted molar refractivity (Wildman–Crippen MR) is 79.0 cm³/mol. The Morgan fingerprint density at radius 1 is 1.50 bits per heavy atom. The minimum atomic E-state index is -0.107. The first-order chi connectivity index (χ1) is 9.67. The number of hydrogen-bond acceptors (Lipinski definition) is 6. The molecule has 2 N–H and O–H groups in total. The molecule has 0 bridgehead atoms. The highest BCUT2D eigenvalue weighted by Crippen LogP contribution is 2.21. The summed E-state index contributed by atoms with van der Waals surface area (Å²) in [5, 5.41) is 5.32. The summed E-state index contributed by atoms with van der Waals surface area (Å²) in [5.74, 6) is 0. The predicted octanol–water partition coefficient (Wildman–Crippen LogP) is 0.773. The lowest BCUT2D eigenvalue weighted by atomic mass is 10.0. The summed E-state index contributed by atoms with van der Waals surface area (Å²) in [7, 11) is 0. The summed E-state index contributed by atoms with van der Waals surface area (Å²) in [5.41, 5.74) is 6.47. The molecule has 2 aromatic rings. The van der Waals surface area contributed by atoms with E-state index in [9.17, 15) is 4.79 Å². The van der Waals surface area contributed by atoms with E-state index in [1.165, 1.54) is 34.8 Å². The minimum Gasteiger partial charge on any atom is -0.329 e. The molecule has 7 heteroatoms. The Labute approximate surface area is 121 Å². The molecular formula is C13H19N5OS. The lowest BCUT2D eigenvalue weighted by Crippen LogP contribution is -2.43. The zero-order valence-corrected chi connectivity index (χ0v) is 12.4. The van der Waals surface area contributed by atoms with E-state index in [-0.39, 0.29) is 5.56 Å². The van der Waals surface area contributed by atoms with Crippen LogP contribution in [0.15, 0.2) is 10.9 Å². The van der Waals surface area contributed by atoms with E-state index in [4.69, 9.17) is 5.73 Å². The molecule has 1 atom stereocenters. The van der Waals surface area contributed by atoms with Crippen LogP contribution in [0.4, 0.5) is 0 Å². The maximum absolute atomic E-state index is 11.9. The normalized spacial score (nSPS) is 20.6. The van der Waals surface area contributed by atoms with Gasteiger partial charge in [0.15, 0.2) is 0 Å². The lowest BCUT2D eigenvalue weighted by molar-refractivity contribution is 0.144. The molecule has 3 heterocycles. The van der Waals surface area contributed by atoms with Crippen LogP contribution >= 0.6 is 11.3 Å². The molecule has 0 radical (unpaired) electrons. The first-order valence-corrected chi connectivity index (χ1v) is 7.79. The maximum atomic E-state index is 11.9. The molecule has 1 aliphatic rings. The van der Waals surface area contributed by atoms with Gasteiger partial charge in [-0.15, -0.1) is 0 Å². The van der Waals surface area contributed by atoms with E-state index >= 15 is 0 Å². The fraction of sp³-hybridized carbons (Fsp3) is 0.615. The number of aromatic nitrogens is 3. The first-order valence-electron chi connectivity index (χ1n) is 6.98. The van der Waals surface area contributed by atoms with Gasteiger partial charge in [0.05, 0.1) is 6.54 Å². The second-order valence-corrected chi connectivity index (χ2v) is 6.32. The van der Waals surface area contributed by atoms with Crippen LogP contribution in [-0.2, 0) is 6.54 Å². The van der Waals surface area contributed by atoms with Gasteiger partial charge in [-0.25, -0.2) is 4.98 Å². The van der Waals surface area contributed by atoms with Crippen molar-refractivity contribution >= 4 is 16.3 Å². The second kappa shape index (κ2) is 5.59. The van der Waals surface area contributed by atoms with Crippen molar-refractivity contribution in [3.05, 3.63) is 27.1 Å². The zero-order valence-electron chi connectivity index (χ0n) is 11.6. The molecular weight excluding hydrogens is 274 g/mol. The van der Waals surface area contributed by atoms with Crippen molar-refractivity contribution in [3.8, 4) is 0 Å². The van der Waals surface area contributed by atoms with Gasteiger partial charge in [-0.2, -0.15) is 9.61 Å². The Morgan fingerprint density at radius 3 is 3.15 bits per heavy atom. The molecule has 1 unspecified atom stereocenters. The smallest absolute Gasteiger partial charge is 0.275 e. The number of likely N-dealkylation sites (tertiary alicyclic amines) is 1. The molecule has 6 nitrogen and oxygen atoms in total. The van der Waals surface area contributed by atoms with Crippen molar-refractivity contribution in [2.45, 2.75) is 38.8 Å². The van der Waals surface area contributed by atoms with E-state index in [0.717, 1.165) is 30.2 Å². The van der Waals surface area contributed by atoms with Crippen LogP contribution in [0.2, 0.25) is 0 Å². The van der Waals surface area contributed by atoms with Gasteiger partial charge in [-0.05, 0) is 26.3 Å². The molecule has 2 aromatic heterocycles. The second-order valence-electron chi connectivity index (χ2n) is 5.28. The van der Waals surface area contributed by atoms with Crippen LogP contribution in [0.3, 0.4) is 0 Å². The Bertz CT molecular complexity index is 664. The minimum absolute atomic E-state index is 0.107. The van der Waals surface area contributed by atoms with Gasteiger partial charge in [0, 0.05) is 24.3 Å². The fourth-order valence-corrected chi connectivity index (χ4v) is 3.70. The number of piperidine rings is 1. The molecule has 20 heavy (non-hydrogen) atoms. The van der Waals surface area contributed by atoms with E-state index < -0.39 is 0 Å². The van der Waals surface area contributed by atoms with Crippen molar-refractivity contribution < 1.29 is 0 Å². The molecule has 0 amide bonds. The molecule has 0 aromatic carbocycles. The van der Waals surface area contributed by atoms with E-state index in [2.05, 4.69) is 15.0 Å². The van der Waals surface area contributed by atoms with Crippen LogP contribution in [0, 0.1) is 6.92 Å². The zero-order chi connectivity index (χ0) is 14.1. The summed E-state index contributed by atoms with van der Waals surface area (Å²) in [6, 6.07) is 1.95. The molecule has 108 valence electrons. The molecule has 0 spiro atoms. The average Bonchev–Trinajstić information content (AvgIpc) is 2.82. The number of hydrogen-bond donors (Lipinski definition) is 1. The van der Waals surface area contributed by atoms with E-state index in [1.807, 2.05) is 6.92 Å². The Balaban J connectivity index is 1.87. The fourth-order valence-electron chi connectivity index (χ4n) is 2.73. The maximum Gasteiger partial charge on any atom is 0.275 e. The molecule has 0 aliphatic carbocycles. The van der Waals surface area contributed by atoms with Crippen molar-refractivity contribution in [1.82, 2.24) is 19.5 Å². The van der Waals surface area contributed by atoms with Crippen LogP contribution in [0.25, 0.3) is 4.96 Å². The van der Waals surface area contributed by atoms with Gasteiger partial charge in [-0.1, -0.05) is 17.8 Å². The first kappa shape index (κ1) is 13.7. The Morgan fingerprint density at radius 2 is 2.35 bits per heavy atom. The number of fused-ring (bicyclic) bond motifs is 1. The summed E-state index contributed by atoms with van der Waals surface area (Å²) in [4.78, 5) is 19.3. The SMILES string of the molecule is Cc1cc(=O)n2nc(CN3CCCCC3CN)sc2n1. The van der Waals surface area contributed by atoms with Gasteiger partial charge in [0.2, 0.25) is 4.96 Å². The molecule has 0 saturated carbocycles. The largest absolute Gasteiger partial charge is 0.329 e. The van der Waals surface area contributed by atoms with Crippen LogP contribution in [-0.4, -0.2) is 38.6 Å². The van der Waals surface area contributed by atoms with Crippen molar-refractivity contribution in [2.24, 2.45) is 5.73 Å². The number of nitrogens with two attached hydrogens (primary N) is 1. The highest BCUT2D eigenvalue weighted by atomic mass is 32.1. The van der Waals surface area contributed by atoms with Crippen LogP contribution in [0.5, 0.6) is 0 Å². The number of rotatable bonds is 3. The third-order valence-corrected chi connectivity index (χ3v) is 4.67. The van der Waals surface area contributed by atoms with Gasteiger partial charge in [0.1, 0.15) is 5.01 Å². The molecule has 1 saturated heterocycles. The van der Waals surface area contributed by atoms with Gasteiger partial charge >= 0.3 is 0 Å². The van der Waals surface area contributed by atoms with Gasteiger partial charge in [0.25, 0.3) is 5.56 Å². The van der Waals surface area contributed by atoms with Gasteiger partial charge in [-0.3, -0.25) is 9.69 Å². The number of nitrogens with zero attached hydrogens (tertiary/aromatic N) is 4. The van der Waals surface area contributed by atoms with Gasteiger partial charge < -0.3 is 5.73 Å². The lowest BCUT2D eigenvalue weighted by Gasteiger charge is -2.34. The molecule has 1 fully saturated rings. The van der Waals surface area contributed by atoms with E-state index in [1.54, 1.807) is 0 Å². The quantitative estimate of drug-likeness (QED) is 0.904. The van der Waals surface area contributed by atoms with Crippen LogP contribution in [0.1, 0.15) is 30.0 Å². The highest BCUT2D eigenvalue weighted by Gasteiger charge is 2.22. The summed E-state index contributed by atoms with van der Waals surface area (Å²) in [6.07, 6.45) is 3.61. The summed E-state index contributed by atoms with van der Waals surface area (Å²) in [6.45, 7) is 4.33. The van der Waals surface area contributed by atoms with Crippen LogP contribution < -0.4 is 11.3 Å². The molecule has 3 rings (SSSR count). The highest BCUT2D eigenvalue weighted by molar-refractivity contribution is 7.16. The molecule has 1 aliphatic heterocycles.